The lowest BCUT2D eigenvalue weighted by molar-refractivity contribution is 0.0755. The number of aliphatic hydroxyl groups is 1. The van der Waals surface area contributed by atoms with E-state index in [1.54, 1.807) is 0 Å². The maximum absolute atomic E-state index is 11.3. The molecule has 0 radical (unpaired) electrons. The highest BCUT2D eigenvalue weighted by molar-refractivity contribution is 7.93. The second kappa shape index (κ2) is 3.81. The van der Waals surface area contributed by atoms with E-state index in [9.17, 15) is 13.5 Å². The Bertz CT molecular complexity index is 290. The second-order valence-corrected chi connectivity index (χ2v) is 6.92. The quantitative estimate of drug-likeness (QED) is 0.755. The summed E-state index contributed by atoms with van der Waals surface area (Å²) < 4.78 is 22.7. The summed E-state index contributed by atoms with van der Waals surface area (Å²) in [6, 6.07) is 0. The maximum atomic E-state index is 11.3. The topological polar surface area (TPSA) is 54.4 Å². The summed E-state index contributed by atoms with van der Waals surface area (Å²) in [5.41, 5.74) is 0. The molecular weight excluding hydrogens is 200 g/mol. The van der Waals surface area contributed by atoms with Gasteiger partial charge in [0, 0.05) is 0 Å². The summed E-state index contributed by atoms with van der Waals surface area (Å²) in [5, 5.41) is 9.51. The van der Waals surface area contributed by atoms with Crippen LogP contribution in [-0.4, -0.2) is 30.6 Å². The largest absolute Gasteiger partial charge is 0.391 e. The smallest absolute Gasteiger partial charge is 0.155 e. The van der Waals surface area contributed by atoms with Crippen LogP contribution in [0.1, 0.15) is 38.5 Å². The summed E-state index contributed by atoms with van der Waals surface area (Å²) in [4.78, 5) is 0. The van der Waals surface area contributed by atoms with Crippen molar-refractivity contribution in [3.8, 4) is 0 Å². The summed E-state index contributed by atoms with van der Waals surface area (Å²) in [6.07, 6.45) is 5.62. The lowest BCUT2D eigenvalue weighted by Gasteiger charge is -2.36. The van der Waals surface area contributed by atoms with E-state index in [1.165, 1.54) is 6.42 Å². The molecule has 2 unspecified atom stereocenters. The highest BCUT2D eigenvalue weighted by Crippen LogP contribution is 2.34. The van der Waals surface area contributed by atoms with Gasteiger partial charge in [-0.1, -0.05) is 19.3 Å². The SMILES string of the molecule is O=S1(=O)CCC1C(O)C1CCCCC1. The van der Waals surface area contributed by atoms with Gasteiger partial charge in [0.2, 0.25) is 0 Å². The van der Waals surface area contributed by atoms with Gasteiger partial charge in [0.05, 0.1) is 17.1 Å². The molecule has 1 N–H and O–H groups in total. The van der Waals surface area contributed by atoms with Crippen LogP contribution in [0, 0.1) is 5.92 Å². The van der Waals surface area contributed by atoms with Crippen molar-refractivity contribution in [2.24, 2.45) is 5.92 Å². The minimum atomic E-state index is -2.92. The van der Waals surface area contributed by atoms with Crippen molar-refractivity contribution in [3.05, 3.63) is 0 Å². The minimum absolute atomic E-state index is 0.240. The van der Waals surface area contributed by atoms with Crippen LogP contribution >= 0.6 is 0 Å². The van der Waals surface area contributed by atoms with E-state index >= 15 is 0 Å². The Morgan fingerprint density at radius 1 is 1.07 bits per heavy atom. The molecule has 82 valence electrons. The highest BCUT2D eigenvalue weighted by atomic mass is 32.2. The number of hydrogen-bond donors (Lipinski definition) is 1. The van der Waals surface area contributed by atoms with Gasteiger partial charge in [-0.05, 0) is 25.2 Å². The number of sulfone groups is 1. The van der Waals surface area contributed by atoms with Crippen LogP contribution in [0.15, 0.2) is 0 Å². The lowest BCUT2D eigenvalue weighted by atomic mass is 9.83. The Balaban J connectivity index is 1.97. The third-order valence-corrected chi connectivity index (χ3v) is 5.90. The van der Waals surface area contributed by atoms with Crippen molar-refractivity contribution in [1.29, 1.82) is 0 Å². The monoisotopic (exact) mass is 218 g/mol. The van der Waals surface area contributed by atoms with E-state index in [1.807, 2.05) is 0 Å². The van der Waals surface area contributed by atoms with Gasteiger partial charge in [0.1, 0.15) is 0 Å². The molecule has 3 nitrogen and oxygen atoms in total. The van der Waals surface area contributed by atoms with E-state index in [0.717, 1.165) is 25.7 Å². The van der Waals surface area contributed by atoms with E-state index in [-0.39, 0.29) is 11.7 Å². The Morgan fingerprint density at radius 3 is 2.14 bits per heavy atom. The summed E-state index contributed by atoms with van der Waals surface area (Å²) in [5.74, 6) is 0.519. The lowest BCUT2D eigenvalue weighted by Crippen LogP contribution is -2.48. The van der Waals surface area contributed by atoms with Crippen molar-refractivity contribution in [1.82, 2.24) is 0 Å². The molecule has 1 heterocycles. The Morgan fingerprint density at radius 2 is 1.71 bits per heavy atom. The molecule has 0 aromatic rings. The van der Waals surface area contributed by atoms with Gasteiger partial charge in [0.15, 0.2) is 9.84 Å². The first kappa shape index (κ1) is 10.4. The molecule has 2 aliphatic rings. The van der Waals surface area contributed by atoms with Crippen LogP contribution in [0.25, 0.3) is 0 Å². The fourth-order valence-electron chi connectivity index (χ4n) is 2.61. The summed E-state index contributed by atoms with van der Waals surface area (Å²) in [6.45, 7) is 0. The number of aliphatic hydroxyl groups excluding tert-OH is 1. The van der Waals surface area contributed by atoms with Crippen LogP contribution in [0.3, 0.4) is 0 Å². The van der Waals surface area contributed by atoms with Crippen LogP contribution in [0.5, 0.6) is 0 Å². The Hall–Kier alpha value is -0.0900. The molecular formula is C10H18O3S. The molecule has 1 aliphatic heterocycles. The Kier molecular flexibility index (Phi) is 2.84. The zero-order valence-corrected chi connectivity index (χ0v) is 9.17. The molecule has 2 fully saturated rings. The van der Waals surface area contributed by atoms with Crippen LogP contribution in [-0.2, 0) is 9.84 Å². The van der Waals surface area contributed by atoms with E-state index in [0.29, 0.717) is 6.42 Å². The molecule has 0 aromatic carbocycles. The second-order valence-electron chi connectivity index (χ2n) is 4.58. The summed E-state index contributed by atoms with van der Waals surface area (Å²) in [7, 11) is -2.92. The first-order chi connectivity index (χ1) is 6.61. The molecule has 0 bridgehead atoms. The predicted molar refractivity (Wildman–Crippen MR) is 54.8 cm³/mol. The van der Waals surface area contributed by atoms with Gasteiger partial charge < -0.3 is 5.11 Å². The Labute approximate surface area is 85.4 Å². The van der Waals surface area contributed by atoms with E-state index in [4.69, 9.17) is 0 Å². The molecule has 0 amide bonds. The fourth-order valence-corrected chi connectivity index (χ4v) is 4.15. The van der Waals surface area contributed by atoms with Gasteiger partial charge in [-0.2, -0.15) is 0 Å². The van der Waals surface area contributed by atoms with Crippen LogP contribution in [0.4, 0.5) is 0 Å². The summed E-state index contributed by atoms with van der Waals surface area (Å²) >= 11 is 0. The van der Waals surface area contributed by atoms with Gasteiger partial charge in [-0.15, -0.1) is 0 Å². The molecule has 2 rings (SSSR count). The standard InChI is InChI=1S/C10H18O3S/c11-10(8-4-2-1-3-5-8)9-6-7-14(9,12)13/h8-11H,1-7H2. The van der Waals surface area contributed by atoms with Gasteiger partial charge in [-0.25, -0.2) is 8.42 Å². The van der Waals surface area contributed by atoms with Crippen molar-refractivity contribution in [3.63, 3.8) is 0 Å². The average molecular weight is 218 g/mol. The van der Waals surface area contributed by atoms with Crippen molar-refractivity contribution in [2.45, 2.75) is 49.9 Å². The van der Waals surface area contributed by atoms with E-state index < -0.39 is 21.2 Å². The van der Waals surface area contributed by atoms with Crippen LogP contribution in [0.2, 0.25) is 0 Å². The van der Waals surface area contributed by atoms with Gasteiger partial charge >= 0.3 is 0 Å². The number of hydrogen-bond acceptors (Lipinski definition) is 3. The van der Waals surface area contributed by atoms with Gasteiger partial charge in [0.25, 0.3) is 0 Å². The van der Waals surface area contributed by atoms with Crippen molar-refractivity contribution in [2.75, 3.05) is 5.75 Å². The molecule has 0 aromatic heterocycles. The molecule has 2 atom stereocenters. The molecule has 1 aliphatic carbocycles. The normalized spacial score (nSPS) is 34.8. The van der Waals surface area contributed by atoms with Crippen molar-refractivity contribution >= 4 is 9.84 Å². The third-order valence-electron chi connectivity index (χ3n) is 3.66. The first-order valence-corrected chi connectivity index (χ1v) is 7.22. The highest BCUT2D eigenvalue weighted by Gasteiger charge is 2.43. The fraction of sp³-hybridized carbons (Fsp3) is 1.00. The number of rotatable bonds is 2. The molecule has 0 spiro atoms. The maximum Gasteiger partial charge on any atom is 0.155 e. The predicted octanol–water partition coefficient (Wildman–Crippen LogP) is 1.11. The average Bonchev–Trinajstić information content (AvgIpc) is 2.18. The minimum Gasteiger partial charge on any atom is -0.391 e. The molecule has 1 saturated heterocycles. The van der Waals surface area contributed by atoms with Crippen molar-refractivity contribution < 1.29 is 13.5 Å². The molecule has 4 heteroatoms. The zero-order valence-electron chi connectivity index (χ0n) is 8.35. The molecule has 1 saturated carbocycles. The van der Waals surface area contributed by atoms with Crippen LogP contribution < -0.4 is 0 Å². The molecule has 14 heavy (non-hydrogen) atoms. The van der Waals surface area contributed by atoms with E-state index in [2.05, 4.69) is 0 Å². The zero-order chi connectivity index (χ0) is 10.2. The van der Waals surface area contributed by atoms with Gasteiger partial charge in [-0.3, -0.25) is 0 Å². The first-order valence-electron chi connectivity index (χ1n) is 5.51. The third kappa shape index (κ3) is 1.82.